The van der Waals surface area contributed by atoms with Gasteiger partial charge in [-0.2, -0.15) is 0 Å². The van der Waals surface area contributed by atoms with Crippen LogP contribution >= 0.6 is 22.9 Å². The lowest BCUT2D eigenvalue weighted by molar-refractivity contribution is 0.151. The van der Waals surface area contributed by atoms with E-state index in [2.05, 4.69) is 28.9 Å². The van der Waals surface area contributed by atoms with Gasteiger partial charge >= 0.3 is 0 Å². The van der Waals surface area contributed by atoms with Crippen molar-refractivity contribution in [1.82, 2.24) is 9.88 Å². The Morgan fingerprint density at radius 2 is 2.10 bits per heavy atom. The van der Waals surface area contributed by atoms with Gasteiger partial charge in [0.15, 0.2) is 0 Å². The molecule has 3 nitrogen and oxygen atoms in total. The number of aliphatic hydroxyl groups excluding tert-OH is 1. The maximum Gasteiger partial charge on any atom is 0.110 e. The van der Waals surface area contributed by atoms with Crippen LogP contribution in [0.15, 0.2) is 35.7 Å². The van der Waals surface area contributed by atoms with E-state index in [0.717, 1.165) is 17.2 Å². The number of halogens is 1. The third-order valence-corrected chi connectivity index (χ3v) is 4.56. The summed E-state index contributed by atoms with van der Waals surface area (Å²) in [5.74, 6) is 0.446. The first-order valence-electron chi connectivity index (χ1n) is 6.63. The van der Waals surface area contributed by atoms with E-state index in [0.29, 0.717) is 12.4 Å². The van der Waals surface area contributed by atoms with E-state index in [1.54, 1.807) is 11.3 Å². The molecule has 0 bridgehead atoms. The van der Waals surface area contributed by atoms with Crippen molar-refractivity contribution in [2.24, 2.45) is 0 Å². The van der Waals surface area contributed by atoms with Crippen molar-refractivity contribution in [3.05, 3.63) is 52.0 Å². The van der Waals surface area contributed by atoms with Gasteiger partial charge in [-0.15, -0.1) is 22.9 Å². The topological polar surface area (TPSA) is 36.4 Å². The molecule has 0 saturated heterocycles. The number of aliphatic hydroxyl groups is 1. The van der Waals surface area contributed by atoms with Crippen LogP contribution in [0.2, 0.25) is 0 Å². The molecule has 1 unspecified atom stereocenters. The molecule has 0 radical (unpaired) electrons. The van der Waals surface area contributed by atoms with Crippen LogP contribution in [0.25, 0.3) is 0 Å². The summed E-state index contributed by atoms with van der Waals surface area (Å²) in [5.41, 5.74) is 2.16. The molecule has 2 aromatic rings. The van der Waals surface area contributed by atoms with Gasteiger partial charge in [-0.05, 0) is 12.5 Å². The summed E-state index contributed by atoms with van der Waals surface area (Å²) >= 11 is 7.43. The van der Waals surface area contributed by atoms with E-state index in [1.165, 1.54) is 5.56 Å². The second kappa shape index (κ2) is 7.74. The van der Waals surface area contributed by atoms with Gasteiger partial charge in [-0.1, -0.05) is 30.3 Å². The van der Waals surface area contributed by atoms with Crippen LogP contribution < -0.4 is 0 Å². The first kappa shape index (κ1) is 15.4. The molecule has 108 valence electrons. The summed E-state index contributed by atoms with van der Waals surface area (Å²) in [6, 6.07) is 10.4. The molecule has 5 heteroatoms. The minimum Gasteiger partial charge on any atom is -0.395 e. The summed E-state index contributed by atoms with van der Waals surface area (Å²) in [4.78, 5) is 6.77. The van der Waals surface area contributed by atoms with Crippen LogP contribution in [0.4, 0.5) is 0 Å². The molecule has 2 rings (SSSR count). The lowest BCUT2D eigenvalue weighted by atomic mass is 10.2. The number of hydrogen-bond donors (Lipinski definition) is 1. The van der Waals surface area contributed by atoms with Crippen molar-refractivity contribution in [2.75, 3.05) is 13.2 Å². The third kappa shape index (κ3) is 4.03. The molecular formula is C15H19ClN2OS. The van der Waals surface area contributed by atoms with Crippen LogP contribution in [-0.4, -0.2) is 28.1 Å². The number of alkyl halides is 1. The minimum absolute atomic E-state index is 0.144. The Labute approximate surface area is 128 Å². The van der Waals surface area contributed by atoms with Crippen molar-refractivity contribution < 1.29 is 5.11 Å². The van der Waals surface area contributed by atoms with E-state index in [9.17, 15) is 5.11 Å². The van der Waals surface area contributed by atoms with Crippen LogP contribution in [-0.2, 0) is 12.4 Å². The molecule has 1 heterocycles. The van der Waals surface area contributed by atoms with E-state index >= 15 is 0 Å². The van der Waals surface area contributed by atoms with Gasteiger partial charge in [0.1, 0.15) is 5.01 Å². The summed E-state index contributed by atoms with van der Waals surface area (Å²) in [6.07, 6.45) is 0. The monoisotopic (exact) mass is 310 g/mol. The Balaban J connectivity index is 2.10. The molecule has 0 saturated carbocycles. The number of hydrogen-bond acceptors (Lipinski definition) is 4. The quantitative estimate of drug-likeness (QED) is 0.796. The molecule has 0 aliphatic rings. The highest BCUT2D eigenvalue weighted by Gasteiger charge is 2.18. The molecule has 1 N–H and O–H groups in total. The molecule has 1 aromatic carbocycles. The van der Waals surface area contributed by atoms with Gasteiger partial charge in [0.05, 0.1) is 24.2 Å². The van der Waals surface area contributed by atoms with E-state index in [4.69, 9.17) is 11.6 Å². The molecule has 0 fully saturated rings. The molecule has 20 heavy (non-hydrogen) atoms. The normalized spacial score (nSPS) is 12.8. The first-order chi connectivity index (χ1) is 9.74. The fourth-order valence-corrected chi connectivity index (χ4v) is 3.23. The van der Waals surface area contributed by atoms with Gasteiger partial charge in [0.25, 0.3) is 0 Å². The van der Waals surface area contributed by atoms with Crippen LogP contribution in [0.3, 0.4) is 0 Å². The predicted octanol–water partition coefficient (Wildman–Crippen LogP) is 3.44. The molecule has 0 amide bonds. The van der Waals surface area contributed by atoms with Crippen LogP contribution in [0, 0.1) is 0 Å². The molecule has 1 aromatic heterocycles. The summed E-state index contributed by atoms with van der Waals surface area (Å²) in [6.45, 7) is 3.70. The standard InChI is InChI=1S/C15H19ClN2OS/c1-12(15-17-14(9-16)11-20-15)18(7-8-19)10-13-5-3-2-4-6-13/h2-6,11-12,19H,7-10H2,1H3. The smallest absolute Gasteiger partial charge is 0.110 e. The van der Waals surface area contributed by atoms with Gasteiger partial charge in [-0.3, -0.25) is 4.90 Å². The molecule has 0 aliphatic carbocycles. The fourth-order valence-electron chi connectivity index (χ4n) is 2.09. The van der Waals surface area contributed by atoms with Crippen molar-refractivity contribution in [2.45, 2.75) is 25.4 Å². The molecule has 0 spiro atoms. The second-order valence-electron chi connectivity index (χ2n) is 4.67. The highest BCUT2D eigenvalue weighted by atomic mass is 35.5. The first-order valence-corrected chi connectivity index (χ1v) is 8.05. The van der Waals surface area contributed by atoms with E-state index in [1.807, 2.05) is 23.6 Å². The number of nitrogens with zero attached hydrogens (tertiary/aromatic N) is 2. The average molecular weight is 311 g/mol. The lowest BCUT2D eigenvalue weighted by Crippen LogP contribution is -2.29. The zero-order valence-corrected chi connectivity index (χ0v) is 13.1. The van der Waals surface area contributed by atoms with Gasteiger partial charge < -0.3 is 5.11 Å². The Kier molecular flexibility index (Phi) is 5.98. The van der Waals surface area contributed by atoms with Crippen molar-refractivity contribution in [3.63, 3.8) is 0 Å². The largest absolute Gasteiger partial charge is 0.395 e. The van der Waals surface area contributed by atoms with E-state index < -0.39 is 0 Å². The highest BCUT2D eigenvalue weighted by Crippen LogP contribution is 2.25. The SMILES string of the molecule is CC(c1nc(CCl)cs1)N(CCO)Cc1ccccc1. The van der Waals surface area contributed by atoms with Gasteiger partial charge in [-0.25, -0.2) is 4.98 Å². The Bertz CT molecular complexity index is 518. The molecule has 1 atom stereocenters. The Morgan fingerprint density at radius 1 is 1.35 bits per heavy atom. The maximum atomic E-state index is 9.28. The predicted molar refractivity (Wildman–Crippen MR) is 84.0 cm³/mol. The molecule has 0 aliphatic heterocycles. The van der Waals surface area contributed by atoms with Gasteiger partial charge in [0.2, 0.25) is 0 Å². The van der Waals surface area contributed by atoms with Crippen molar-refractivity contribution in [1.29, 1.82) is 0 Å². The Morgan fingerprint density at radius 3 is 2.70 bits per heavy atom. The summed E-state index contributed by atoms with van der Waals surface area (Å²) in [7, 11) is 0. The minimum atomic E-state index is 0.144. The Hall–Kier alpha value is -0.940. The highest BCUT2D eigenvalue weighted by molar-refractivity contribution is 7.09. The zero-order chi connectivity index (χ0) is 14.4. The second-order valence-corrected chi connectivity index (χ2v) is 5.82. The number of rotatable bonds is 7. The summed E-state index contributed by atoms with van der Waals surface area (Å²) < 4.78 is 0. The third-order valence-electron chi connectivity index (χ3n) is 3.23. The number of benzene rings is 1. The maximum absolute atomic E-state index is 9.28. The number of thiazole rings is 1. The van der Waals surface area contributed by atoms with Crippen LogP contribution in [0.1, 0.15) is 29.2 Å². The summed E-state index contributed by atoms with van der Waals surface area (Å²) in [5, 5.41) is 12.3. The van der Waals surface area contributed by atoms with Crippen LogP contribution in [0.5, 0.6) is 0 Å². The average Bonchev–Trinajstić information content (AvgIpc) is 2.96. The number of aromatic nitrogens is 1. The van der Waals surface area contributed by atoms with Gasteiger partial charge in [0, 0.05) is 18.5 Å². The van der Waals surface area contributed by atoms with Crippen molar-refractivity contribution in [3.8, 4) is 0 Å². The molecular weight excluding hydrogens is 292 g/mol. The lowest BCUT2D eigenvalue weighted by Gasteiger charge is -2.27. The van der Waals surface area contributed by atoms with E-state index in [-0.39, 0.29) is 12.6 Å². The van der Waals surface area contributed by atoms with Crippen molar-refractivity contribution >= 4 is 22.9 Å². The zero-order valence-electron chi connectivity index (χ0n) is 11.5. The fraction of sp³-hybridized carbons (Fsp3) is 0.400.